The van der Waals surface area contributed by atoms with Gasteiger partial charge < -0.3 is 5.32 Å². The third-order valence-corrected chi connectivity index (χ3v) is 3.57. The quantitative estimate of drug-likeness (QED) is 0.845. The molecule has 0 amide bonds. The monoisotopic (exact) mass is 279 g/mol. The van der Waals surface area contributed by atoms with E-state index in [9.17, 15) is 0 Å². The molecule has 0 aliphatic carbocycles. The summed E-state index contributed by atoms with van der Waals surface area (Å²) in [5.74, 6) is 0. The van der Waals surface area contributed by atoms with Crippen LogP contribution in [0.4, 0.5) is 0 Å². The number of nitrogens with zero attached hydrogens (tertiary/aromatic N) is 4. The summed E-state index contributed by atoms with van der Waals surface area (Å²) in [4.78, 5) is 0. The van der Waals surface area contributed by atoms with E-state index >= 15 is 0 Å². The third-order valence-electron chi connectivity index (χ3n) is 3.07. The minimum absolute atomic E-state index is 0.222. The van der Waals surface area contributed by atoms with Crippen LogP contribution in [0.25, 0.3) is 0 Å². The fourth-order valence-corrected chi connectivity index (χ4v) is 2.64. The van der Waals surface area contributed by atoms with E-state index in [-0.39, 0.29) is 6.04 Å². The van der Waals surface area contributed by atoms with Crippen LogP contribution < -0.4 is 5.32 Å². The van der Waals surface area contributed by atoms with E-state index in [2.05, 4.69) is 43.8 Å². The van der Waals surface area contributed by atoms with Gasteiger partial charge in [-0.3, -0.25) is 4.68 Å². The van der Waals surface area contributed by atoms with Gasteiger partial charge in [0.05, 0.1) is 35.4 Å². The van der Waals surface area contributed by atoms with E-state index in [1.54, 1.807) is 0 Å². The molecule has 0 aromatic carbocycles. The summed E-state index contributed by atoms with van der Waals surface area (Å²) >= 11 is 1.26. The second-order valence-corrected chi connectivity index (χ2v) is 5.19. The van der Waals surface area contributed by atoms with E-state index in [0.717, 1.165) is 37.3 Å². The van der Waals surface area contributed by atoms with Crippen LogP contribution in [-0.4, -0.2) is 25.1 Å². The number of rotatable bonds is 7. The predicted molar refractivity (Wildman–Crippen MR) is 77.3 cm³/mol. The van der Waals surface area contributed by atoms with E-state index < -0.39 is 0 Å². The molecular formula is C13H21N5S. The summed E-state index contributed by atoms with van der Waals surface area (Å²) in [5.41, 5.74) is 3.35. The van der Waals surface area contributed by atoms with Crippen LogP contribution in [0.3, 0.4) is 0 Å². The third kappa shape index (κ3) is 3.61. The molecule has 19 heavy (non-hydrogen) atoms. The van der Waals surface area contributed by atoms with Crippen molar-refractivity contribution in [1.29, 1.82) is 0 Å². The predicted octanol–water partition coefficient (Wildman–Crippen LogP) is 2.35. The SMILES string of the molecule is CCCNC(Cc1cc(C)nn1CC)c1cnsn1. The van der Waals surface area contributed by atoms with Gasteiger partial charge in [-0.15, -0.1) is 0 Å². The molecule has 1 N–H and O–H groups in total. The van der Waals surface area contributed by atoms with E-state index in [4.69, 9.17) is 0 Å². The van der Waals surface area contributed by atoms with Crippen molar-refractivity contribution >= 4 is 11.7 Å². The van der Waals surface area contributed by atoms with Crippen LogP contribution in [0, 0.1) is 6.92 Å². The normalized spacial score (nSPS) is 12.8. The zero-order chi connectivity index (χ0) is 13.7. The summed E-state index contributed by atoms with van der Waals surface area (Å²) in [6, 6.07) is 2.38. The Bertz CT molecular complexity index is 491. The lowest BCUT2D eigenvalue weighted by atomic mass is 10.1. The molecule has 2 rings (SSSR count). The maximum atomic E-state index is 4.50. The zero-order valence-electron chi connectivity index (χ0n) is 11.8. The molecule has 0 spiro atoms. The van der Waals surface area contributed by atoms with Crippen LogP contribution >= 0.6 is 11.7 Å². The Morgan fingerprint density at radius 1 is 1.42 bits per heavy atom. The van der Waals surface area contributed by atoms with Crippen molar-refractivity contribution in [1.82, 2.24) is 23.8 Å². The molecule has 2 aromatic rings. The first-order chi connectivity index (χ1) is 9.24. The smallest absolute Gasteiger partial charge is 0.0916 e. The van der Waals surface area contributed by atoms with E-state index in [1.165, 1.54) is 17.4 Å². The second kappa shape index (κ2) is 6.77. The first-order valence-electron chi connectivity index (χ1n) is 6.78. The van der Waals surface area contributed by atoms with E-state index in [1.807, 2.05) is 13.1 Å². The van der Waals surface area contributed by atoms with Gasteiger partial charge in [0.15, 0.2) is 0 Å². The number of hydrogen-bond donors (Lipinski definition) is 1. The van der Waals surface area contributed by atoms with Gasteiger partial charge in [0, 0.05) is 18.7 Å². The van der Waals surface area contributed by atoms with Crippen LogP contribution in [0.1, 0.15) is 43.4 Å². The molecule has 1 unspecified atom stereocenters. The highest BCUT2D eigenvalue weighted by atomic mass is 32.1. The Labute approximate surface area is 118 Å². The van der Waals surface area contributed by atoms with Gasteiger partial charge in [0.25, 0.3) is 0 Å². The first-order valence-corrected chi connectivity index (χ1v) is 7.51. The summed E-state index contributed by atoms with van der Waals surface area (Å²) in [7, 11) is 0. The Morgan fingerprint density at radius 2 is 2.26 bits per heavy atom. The van der Waals surface area contributed by atoms with Crippen molar-refractivity contribution in [2.75, 3.05) is 6.54 Å². The van der Waals surface area contributed by atoms with Crippen LogP contribution in [-0.2, 0) is 13.0 Å². The number of nitrogens with one attached hydrogen (secondary N) is 1. The zero-order valence-corrected chi connectivity index (χ0v) is 12.6. The number of hydrogen-bond acceptors (Lipinski definition) is 5. The Kier molecular flexibility index (Phi) is 5.04. The fraction of sp³-hybridized carbons (Fsp3) is 0.615. The van der Waals surface area contributed by atoms with Crippen molar-refractivity contribution in [3.05, 3.63) is 29.3 Å². The molecule has 0 saturated carbocycles. The van der Waals surface area contributed by atoms with Gasteiger partial charge >= 0.3 is 0 Å². The van der Waals surface area contributed by atoms with Crippen molar-refractivity contribution in [2.24, 2.45) is 0 Å². The molecule has 0 radical (unpaired) electrons. The lowest BCUT2D eigenvalue weighted by Gasteiger charge is -2.16. The average Bonchev–Trinajstić information content (AvgIpc) is 3.03. The van der Waals surface area contributed by atoms with Crippen molar-refractivity contribution < 1.29 is 0 Å². The Hall–Kier alpha value is -1.27. The molecule has 2 heterocycles. The lowest BCUT2D eigenvalue weighted by molar-refractivity contribution is 0.496. The van der Waals surface area contributed by atoms with Gasteiger partial charge in [-0.25, -0.2) is 0 Å². The number of aryl methyl sites for hydroxylation is 2. The Morgan fingerprint density at radius 3 is 2.89 bits per heavy atom. The highest BCUT2D eigenvalue weighted by Gasteiger charge is 2.17. The first kappa shape index (κ1) is 14.1. The van der Waals surface area contributed by atoms with Crippen LogP contribution in [0.5, 0.6) is 0 Å². The maximum absolute atomic E-state index is 4.50. The standard InChI is InChI=1S/C13H21N5S/c1-4-6-14-12(13-9-15-19-17-13)8-11-7-10(3)16-18(11)5-2/h7,9,12,14H,4-6,8H2,1-3H3. The molecule has 0 saturated heterocycles. The van der Waals surface area contributed by atoms with Crippen molar-refractivity contribution in [3.8, 4) is 0 Å². The molecule has 5 nitrogen and oxygen atoms in total. The van der Waals surface area contributed by atoms with Crippen LogP contribution in [0.2, 0.25) is 0 Å². The molecular weight excluding hydrogens is 258 g/mol. The summed E-state index contributed by atoms with van der Waals surface area (Å²) < 4.78 is 10.5. The molecule has 0 aliphatic rings. The molecule has 0 bridgehead atoms. The molecule has 1 atom stereocenters. The number of aromatic nitrogens is 4. The lowest BCUT2D eigenvalue weighted by Crippen LogP contribution is -2.25. The highest BCUT2D eigenvalue weighted by molar-refractivity contribution is 6.99. The molecule has 2 aromatic heterocycles. The van der Waals surface area contributed by atoms with E-state index in [0.29, 0.717) is 0 Å². The summed E-state index contributed by atoms with van der Waals surface area (Å²) in [6.07, 6.45) is 3.87. The summed E-state index contributed by atoms with van der Waals surface area (Å²) in [6.45, 7) is 8.22. The van der Waals surface area contributed by atoms with Crippen molar-refractivity contribution in [2.45, 2.75) is 46.2 Å². The largest absolute Gasteiger partial charge is 0.308 e. The second-order valence-electron chi connectivity index (χ2n) is 4.64. The maximum Gasteiger partial charge on any atom is 0.0916 e. The summed E-state index contributed by atoms with van der Waals surface area (Å²) in [5, 5.41) is 8.04. The molecule has 0 aliphatic heterocycles. The highest BCUT2D eigenvalue weighted by Crippen LogP contribution is 2.18. The molecule has 6 heteroatoms. The minimum Gasteiger partial charge on any atom is -0.308 e. The molecule has 0 fully saturated rings. The molecule has 104 valence electrons. The van der Waals surface area contributed by atoms with Gasteiger partial charge in [-0.2, -0.15) is 13.8 Å². The van der Waals surface area contributed by atoms with Crippen LogP contribution in [0.15, 0.2) is 12.3 Å². The average molecular weight is 279 g/mol. The van der Waals surface area contributed by atoms with Crippen molar-refractivity contribution in [3.63, 3.8) is 0 Å². The van der Waals surface area contributed by atoms with Gasteiger partial charge in [0.1, 0.15) is 0 Å². The van der Waals surface area contributed by atoms with Gasteiger partial charge in [-0.05, 0) is 32.9 Å². The minimum atomic E-state index is 0.222. The Balaban J connectivity index is 2.15. The van der Waals surface area contributed by atoms with Gasteiger partial charge in [-0.1, -0.05) is 6.92 Å². The fourth-order valence-electron chi connectivity index (χ4n) is 2.17. The van der Waals surface area contributed by atoms with Gasteiger partial charge in [0.2, 0.25) is 0 Å². The topological polar surface area (TPSA) is 55.6 Å².